The highest BCUT2D eigenvalue weighted by atomic mass is 16.5. The Labute approximate surface area is 127 Å². The summed E-state index contributed by atoms with van der Waals surface area (Å²) in [4.78, 5) is 9.21. The van der Waals surface area contributed by atoms with Gasteiger partial charge in [0.15, 0.2) is 5.82 Å². The number of aromatic nitrogens is 2. The van der Waals surface area contributed by atoms with Crippen molar-refractivity contribution in [2.75, 3.05) is 26.4 Å². The Kier molecular flexibility index (Phi) is 6.08. The third-order valence-corrected chi connectivity index (χ3v) is 3.70. The summed E-state index contributed by atoms with van der Waals surface area (Å²) in [5, 5.41) is 3.42. The zero-order valence-corrected chi connectivity index (χ0v) is 13.4. The molecule has 118 valence electrons. The van der Waals surface area contributed by atoms with E-state index in [1.807, 2.05) is 19.2 Å². The molecule has 1 fully saturated rings. The smallest absolute Gasteiger partial charge is 0.160 e. The highest BCUT2D eigenvalue weighted by Gasteiger charge is 2.38. The van der Waals surface area contributed by atoms with Crippen molar-refractivity contribution in [2.45, 2.75) is 45.8 Å². The summed E-state index contributed by atoms with van der Waals surface area (Å²) in [6.45, 7) is 10.3. The molecule has 1 aromatic heterocycles. The van der Waals surface area contributed by atoms with Gasteiger partial charge in [-0.1, -0.05) is 13.8 Å². The van der Waals surface area contributed by atoms with Crippen molar-refractivity contribution in [1.29, 1.82) is 0 Å². The van der Waals surface area contributed by atoms with Gasteiger partial charge in [0.05, 0.1) is 5.69 Å². The third kappa shape index (κ3) is 4.46. The molecule has 0 spiro atoms. The Bertz CT molecular complexity index is 426. The topological polar surface area (TPSA) is 56.3 Å². The fraction of sp³-hybridized carbons (Fsp3) is 0.750. The van der Waals surface area contributed by atoms with Gasteiger partial charge in [-0.2, -0.15) is 0 Å². The lowest BCUT2D eigenvalue weighted by molar-refractivity contribution is -0.118. The minimum Gasteiger partial charge on any atom is -0.381 e. The largest absolute Gasteiger partial charge is 0.381 e. The number of nitrogens with one attached hydrogen (secondary N) is 1. The lowest BCUT2D eigenvalue weighted by Crippen LogP contribution is -2.38. The Morgan fingerprint density at radius 1 is 1.38 bits per heavy atom. The highest BCUT2D eigenvalue weighted by molar-refractivity contribution is 5.09. The summed E-state index contributed by atoms with van der Waals surface area (Å²) in [6.07, 6.45) is 3.48. The van der Waals surface area contributed by atoms with Crippen LogP contribution in [0.3, 0.4) is 0 Å². The number of nitrogens with zero attached hydrogens (tertiary/aromatic N) is 2. The maximum Gasteiger partial charge on any atom is 0.160 e. The quantitative estimate of drug-likeness (QED) is 0.835. The molecule has 2 heterocycles. The van der Waals surface area contributed by atoms with Crippen LogP contribution >= 0.6 is 0 Å². The minimum absolute atomic E-state index is 0.374. The predicted octanol–water partition coefficient (Wildman–Crippen LogP) is 2.26. The van der Waals surface area contributed by atoms with E-state index >= 15 is 0 Å². The van der Waals surface area contributed by atoms with Crippen LogP contribution < -0.4 is 5.32 Å². The third-order valence-electron chi connectivity index (χ3n) is 3.70. The normalized spacial score (nSPS) is 18.1. The van der Waals surface area contributed by atoms with Gasteiger partial charge < -0.3 is 14.8 Å². The molecular weight excluding hydrogens is 266 g/mol. The predicted molar refractivity (Wildman–Crippen MR) is 81.9 cm³/mol. The van der Waals surface area contributed by atoms with E-state index in [-0.39, 0.29) is 5.60 Å². The number of rotatable bonds is 7. The summed E-state index contributed by atoms with van der Waals surface area (Å²) >= 11 is 0. The molecule has 0 bridgehead atoms. The van der Waals surface area contributed by atoms with Crippen LogP contribution in [0, 0.1) is 5.92 Å². The molecule has 0 amide bonds. The van der Waals surface area contributed by atoms with E-state index in [9.17, 15) is 0 Å². The molecule has 0 saturated carbocycles. The molecule has 21 heavy (non-hydrogen) atoms. The first-order chi connectivity index (χ1) is 10.2. The van der Waals surface area contributed by atoms with Gasteiger partial charge in [-0.3, -0.25) is 0 Å². The van der Waals surface area contributed by atoms with Gasteiger partial charge in [-0.25, -0.2) is 9.97 Å². The molecule has 1 aliphatic rings. The van der Waals surface area contributed by atoms with Crippen LogP contribution in [-0.2, 0) is 21.6 Å². The Morgan fingerprint density at radius 3 is 2.81 bits per heavy atom. The molecule has 1 aliphatic heterocycles. The van der Waals surface area contributed by atoms with Crippen molar-refractivity contribution in [1.82, 2.24) is 15.3 Å². The van der Waals surface area contributed by atoms with Crippen molar-refractivity contribution in [3.63, 3.8) is 0 Å². The van der Waals surface area contributed by atoms with E-state index in [0.717, 1.165) is 37.4 Å². The summed E-state index contributed by atoms with van der Waals surface area (Å²) in [7, 11) is 0. The van der Waals surface area contributed by atoms with E-state index in [2.05, 4.69) is 24.1 Å². The summed E-state index contributed by atoms with van der Waals surface area (Å²) in [5.74, 6) is 1.44. The van der Waals surface area contributed by atoms with Crippen LogP contribution in [0.25, 0.3) is 0 Å². The van der Waals surface area contributed by atoms with Crippen LogP contribution in [0.15, 0.2) is 12.3 Å². The zero-order valence-electron chi connectivity index (χ0n) is 13.4. The Morgan fingerprint density at radius 2 is 2.14 bits per heavy atom. The first-order valence-corrected chi connectivity index (χ1v) is 7.91. The van der Waals surface area contributed by atoms with Crippen molar-refractivity contribution in [2.24, 2.45) is 5.92 Å². The van der Waals surface area contributed by atoms with Crippen LogP contribution in [0.4, 0.5) is 0 Å². The van der Waals surface area contributed by atoms with E-state index in [0.29, 0.717) is 25.7 Å². The van der Waals surface area contributed by atoms with Crippen LogP contribution in [0.5, 0.6) is 0 Å². The molecule has 2 rings (SSSR count). The second-order valence-electron chi connectivity index (χ2n) is 5.94. The Balaban J connectivity index is 2.10. The molecule has 1 saturated heterocycles. The monoisotopic (exact) mass is 293 g/mol. The van der Waals surface area contributed by atoms with E-state index in [1.165, 1.54) is 0 Å². The van der Waals surface area contributed by atoms with Gasteiger partial charge >= 0.3 is 0 Å². The van der Waals surface area contributed by atoms with E-state index in [1.54, 1.807) is 0 Å². The molecule has 0 radical (unpaired) electrons. The molecule has 5 heteroatoms. The average molecular weight is 293 g/mol. The number of ether oxygens (including phenoxy) is 2. The first-order valence-electron chi connectivity index (χ1n) is 7.91. The summed E-state index contributed by atoms with van der Waals surface area (Å²) in [5.41, 5.74) is 0.646. The molecular formula is C16H27N3O2. The summed E-state index contributed by atoms with van der Waals surface area (Å²) in [6, 6.07) is 1.97. The maximum atomic E-state index is 6.03. The van der Waals surface area contributed by atoms with Gasteiger partial charge in [0.25, 0.3) is 0 Å². The minimum atomic E-state index is -0.374. The van der Waals surface area contributed by atoms with E-state index < -0.39 is 0 Å². The fourth-order valence-corrected chi connectivity index (χ4v) is 2.61. The molecule has 1 aromatic rings. The first kappa shape index (κ1) is 16.3. The van der Waals surface area contributed by atoms with Crippen LogP contribution in [0.1, 0.15) is 45.1 Å². The van der Waals surface area contributed by atoms with Gasteiger partial charge in [0.1, 0.15) is 5.60 Å². The van der Waals surface area contributed by atoms with Crippen LogP contribution in [-0.4, -0.2) is 36.3 Å². The van der Waals surface area contributed by atoms with Gasteiger partial charge in [-0.15, -0.1) is 0 Å². The molecule has 0 atom stereocenters. The van der Waals surface area contributed by atoms with Crippen LogP contribution in [0.2, 0.25) is 0 Å². The molecule has 0 aromatic carbocycles. The van der Waals surface area contributed by atoms with Crippen molar-refractivity contribution in [3.05, 3.63) is 23.8 Å². The molecule has 0 aliphatic carbocycles. The second-order valence-corrected chi connectivity index (χ2v) is 5.94. The second kappa shape index (κ2) is 7.82. The zero-order chi connectivity index (χ0) is 15.1. The SMILES string of the molecule is CCOC1(c2nccc(CNCC(C)C)n2)CCOCC1. The van der Waals surface area contributed by atoms with E-state index in [4.69, 9.17) is 14.5 Å². The van der Waals surface area contributed by atoms with Crippen molar-refractivity contribution < 1.29 is 9.47 Å². The molecule has 5 nitrogen and oxygen atoms in total. The molecule has 1 N–H and O–H groups in total. The maximum absolute atomic E-state index is 6.03. The standard InChI is InChI=1S/C16H27N3O2/c1-4-21-16(6-9-20-10-7-16)15-18-8-5-14(19-15)12-17-11-13(2)3/h5,8,13,17H,4,6-7,9-12H2,1-3H3. The van der Waals surface area contributed by atoms with Crippen molar-refractivity contribution >= 4 is 0 Å². The number of hydrogen-bond acceptors (Lipinski definition) is 5. The van der Waals surface area contributed by atoms with Gasteiger partial charge in [0.2, 0.25) is 0 Å². The lowest BCUT2D eigenvalue weighted by Gasteiger charge is -2.35. The lowest BCUT2D eigenvalue weighted by atomic mass is 9.93. The van der Waals surface area contributed by atoms with Gasteiger partial charge in [0, 0.05) is 45.4 Å². The van der Waals surface area contributed by atoms with Gasteiger partial charge in [-0.05, 0) is 25.5 Å². The molecule has 0 unspecified atom stereocenters. The summed E-state index contributed by atoms with van der Waals surface area (Å²) < 4.78 is 11.5. The Hall–Kier alpha value is -1.04. The highest BCUT2D eigenvalue weighted by Crippen LogP contribution is 2.33. The van der Waals surface area contributed by atoms with Crippen molar-refractivity contribution in [3.8, 4) is 0 Å². The average Bonchev–Trinajstić information content (AvgIpc) is 2.48. The fourth-order valence-electron chi connectivity index (χ4n) is 2.61. The number of hydrogen-bond donors (Lipinski definition) is 1.